The molecule has 2 N–H and O–H groups in total. The number of aliphatic hydroxyl groups is 1. The number of amidine groups is 1. The van der Waals surface area contributed by atoms with E-state index in [9.17, 15) is 13.5 Å². The van der Waals surface area contributed by atoms with Crippen LogP contribution in [0.15, 0.2) is 34.7 Å². The van der Waals surface area contributed by atoms with Crippen molar-refractivity contribution in [2.75, 3.05) is 12.4 Å². The fraction of sp³-hybridized carbons (Fsp3) is 0.533. The molecule has 3 rings (SSSR count). The SMILES string of the molecule is O=S1(=O)CC2(CCC2)OC(N[C@@H](CCO)c2ccccc2)=N1. The predicted octanol–water partition coefficient (Wildman–Crippen LogP) is 1.34. The Labute approximate surface area is 130 Å². The van der Waals surface area contributed by atoms with Gasteiger partial charge in [0, 0.05) is 6.61 Å². The van der Waals surface area contributed by atoms with E-state index in [4.69, 9.17) is 4.74 Å². The fourth-order valence-electron chi connectivity index (χ4n) is 2.90. The van der Waals surface area contributed by atoms with Crippen LogP contribution in [0, 0.1) is 0 Å². The fourth-order valence-corrected chi connectivity index (χ4v) is 4.32. The van der Waals surface area contributed by atoms with Gasteiger partial charge in [-0.3, -0.25) is 0 Å². The summed E-state index contributed by atoms with van der Waals surface area (Å²) < 4.78 is 33.5. The van der Waals surface area contributed by atoms with Crippen LogP contribution in [0.4, 0.5) is 0 Å². The molecule has 2 aliphatic rings. The molecule has 0 saturated heterocycles. The van der Waals surface area contributed by atoms with Crippen LogP contribution in [0.3, 0.4) is 0 Å². The van der Waals surface area contributed by atoms with Gasteiger partial charge in [-0.15, -0.1) is 4.40 Å². The highest BCUT2D eigenvalue weighted by Crippen LogP contribution is 2.39. The Morgan fingerprint density at radius 2 is 2.05 bits per heavy atom. The number of hydrogen-bond donors (Lipinski definition) is 2. The number of nitrogens with one attached hydrogen (secondary N) is 1. The highest BCUT2D eigenvalue weighted by Gasteiger charge is 2.47. The van der Waals surface area contributed by atoms with E-state index in [1.54, 1.807) is 0 Å². The van der Waals surface area contributed by atoms with Crippen LogP contribution in [0.25, 0.3) is 0 Å². The Morgan fingerprint density at radius 3 is 2.64 bits per heavy atom. The molecule has 1 aromatic carbocycles. The summed E-state index contributed by atoms with van der Waals surface area (Å²) in [7, 11) is -3.51. The average Bonchev–Trinajstić information content (AvgIpc) is 2.44. The highest BCUT2D eigenvalue weighted by molar-refractivity contribution is 7.90. The van der Waals surface area contributed by atoms with E-state index in [1.165, 1.54) is 0 Å². The van der Waals surface area contributed by atoms with Crippen LogP contribution >= 0.6 is 0 Å². The van der Waals surface area contributed by atoms with Gasteiger partial charge >= 0.3 is 6.02 Å². The molecule has 0 aromatic heterocycles. The Morgan fingerprint density at radius 1 is 1.32 bits per heavy atom. The molecule has 1 aromatic rings. The van der Waals surface area contributed by atoms with E-state index in [2.05, 4.69) is 9.71 Å². The molecule has 1 fully saturated rings. The maximum absolute atomic E-state index is 12.0. The van der Waals surface area contributed by atoms with Crippen molar-refractivity contribution in [3.05, 3.63) is 35.9 Å². The first-order valence-corrected chi connectivity index (χ1v) is 9.07. The van der Waals surface area contributed by atoms with E-state index < -0.39 is 15.6 Å². The number of nitrogens with zero attached hydrogens (tertiary/aromatic N) is 1. The summed E-state index contributed by atoms with van der Waals surface area (Å²) in [6.45, 7) is -0.0161. The summed E-state index contributed by atoms with van der Waals surface area (Å²) in [6.07, 6.45) is 2.90. The lowest BCUT2D eigenvalue weighted by atomic mass is 9.81. The molecule has 1 heterocycles. The smallest absolute Gasteiger partial charge is 0.301 e. The van der Waals surface area contributed by atoms with Crippen LogP contribution < -0.4 is 5.32 Å². The molecule has 0 bridgehead atoms. The molecule has 7 heteroatoms. The van der Waals surface area contributed by atoms with E-state index in [1.807, 2.05) is 30.3 Å². The quantitative estimate of drug-likeness (QED) is 0.872. The lowest BCUT2D eigenvalue weighted by Crippen LogP contribution is -2.53. The molecule has 1 saturated carbocycles. The van der Waals surface area contributed by atoms with Crippen molar-refractivity contribution >= 4 is 16.0 Å². The molecule has 1 spiro atoms. The van der Waals surface area contributed by atoms with Crippen molar-refractivity contribution in [3.63, 3.8) is 0 Å². The van der Waals surface area contributed by atoms with Crippen LogP contribution in [0.1, 0.15) is 37.3 Å². The van der Waals surface area contributed by atoms with Crippen LogP contribution in [0.2, 0.25) is 0 Å². The third-order valence-electron chi connectivity index (χ3n) is 4.16. The van der Waals surface area contributed by atoms with Gasteiger partial charge in [0.15, 0.2) is 0 Å². The van der Waals surface area contributed by atoms with E-state index >= 15 is 0 Å². The summed E-state index contributed by atoms with van der Waals surface area (Å²) in [4.78, 5) is 0. The molecule has 22 heavy (non-hydrogen) atoms. The van der Waals surface area contributed by atoms with Gasteiger partial charge in [0.25, 0.3) is 10.0 Å². The van der Waals surface area contributed by atoms with Gasteiger partial charge in [-0.25, -0.2) is 8.42 Å². The zero-order valence-corrected chi connectivity index (χ0v) is 13.1. The monoisotopic (exact) mass is 324 g/mol. The second-order valence-electron chi connectivity index (χ2n) is 5.88. The third kappa shape index (κ3) is 3.25. The number of benzene rings is 1. The third-order valence-corrected chi connectivity index (χ3v) is 5.50. The lowest BCUT2D eigenvalue weighted by molar-refractivity contribution is -0.00574. The van der Waals surface area contributed by atoms with E-state index in [0.717, 1.165) is 24.8 Å². The van der Waals surface area contributed by atoms with Crippen LogP contribution in [0.5, 0.6) is 0 Å². The second kappa shape index (κ2) is 5.89. The number of aliphatic hydroxyl groups excluding tert-OH is 1. The number of sulfonamides is 1. The largest absolute Gasteiger partial charge is 0.457 e. The van der Waals surface area contributed by atoms with Gasteiger partial charge in [-0.05, 0) is 31.2 Å². The first-order chi connectivity index (χ1) is 10.5. The normalized spacial score (nSPS) is 23.0. The first kappa shape index (κ1) is 15.3. The molecule has 6 nitrogen and oxygen atoms in total. The Hall–Kier alpha value is -1.60. The van der Waals surface area contributed by atoms with Gasteiger partial charge in [-0.1, -0.05) is 30.3 Å². The lowest BCUT2D eigenvalue weighted by Gasteiger charge is -2.43. The van der Waals surface area contributed by atoms with Gasteiger partial charge in [0.2, 0.25) is 0 Å². The maximum Gasteiger partial charge on any atom is 0.301 e. The van der Waals surface area contributed by atoms with Crippen molar-refractivity contribution in [1.29, 1.82) is 0 Å². The molecule has 1 aliphatic carbocycles. The Kier molecular flexibility index (Phi) is 4.10. The summed E-state index contributed by atoms with van der Waals surface area (Å²) in [6, 6.07) is 9.35. The van der Waals surface area contributed by atoms with Gasteiger partial charge in [0.1, 0.15) is 11.4 Å². The molecule has 120 valence electrons. The topological polar surface area (TPSA) is 88.0 Å². The van der Waals surface area contributed by atoms with Gasteiger partial charge < -0.3 is 15.2 Å². The van der Waals surface area contributed by atoms with Gasteiger partial charge in [0.05, 0.1) is 6.04 Å². The highest BCUT2D eigenvalue weighted by atomic mass is 32.2. The number of hydrogen-bond acceptors (Lipinski definition) is 5. The summed E-state index contributed by atoms with van der Waals surface area (Å²) >= 11 is 0. The molecular formula is C15H20N2O4S. The summed E-state index contributed by atoms with van der Waals surface area (Å²) in [5, 5.41) is 12.3. The molecular weight excluding hydrogens is 304 g/mol. The second-order valence-corrected chi connectivity index (χ2v) is 7.52. The van der Waals surface area contributed by atoms with Gasteiger partial charge in [-0.2, -0.15) is 0 Å². The zero-order chi connectivity index (χ0) is 15.6. The van der Waals surface area contributed by atoms with Crippen molar-refractivity contribution in [1.82, 2.24) is 5.32 Å². The molecule has 0 radical (unpaired) electrons. The summed E-state index contributed by atoms with van der Waals surface area (Å²) in [5.74, 6) is -0.0405. The van der Waals surface area contributed by atoms with Crippen LogP contribution in [-0.4, -0.2) is 37.5 Å². The molecule has 0 unspecified atom stereocenters. The number of rotatable bonds is 4. The number of ether oxygens (including phenoxy) is 1. The van der Waals surface area contributed by atoms with Crippen LogP contribution in [-0.2, 0) is 14.8 Å². The maximum atomic E-state index is 12.0. The first-order valence-electron chi connectivity index (χ1n) is 7.46. The van der Waals surface area contributed by atoms with Crippen molar-refractivity contribution in [2.45, 2.75) is 37.3 Å². The van der Waals surface area contributed by atoms with Crippen molar-refractivity contribution in [2.24, 2.45) is 4.40 Å². The zero-order valence-electron chi connectivity index (χ0n) is 12.2. The van der Waals surface area contributed by atoms with Crippen molar-refractivity contribution in [3.8, 4) is 0 Å². The molecule has 1 aliphatic heterocycles. The predicted molar refractivity (Wildman–Crippen MR) is 82.9 cm³/mol. The summed E-state index contributed by atoms with van der Waals surface area (Å²) in [5.41, 5.74) is 0.345. The minimum Gasteiger partial charge on any atom is -0.457 e. The standard InChI is InChI=1S/C15H20N2O4S/c18-10-7-13(12-5-2-1-3-6-12)16-14-17-22(19,20)11-15(21-14)8-4-9-15/h1-3,5-6,13,18H,4,7-11H2,(H,16,17)/t13-/m0/s1. The van der Waals surface area contributed by atoms with E-state index in [-0.39, 0.29) is 24.4 Å². The molecule has 0 amide bonds. The van der Waals surface area contributed by atoms with Crippen molar-refractivity contribution < 1.29 is 18.3 Å². The molecule has 1 atom stereocenters. The van der Waals surface area contributed by atoms with E-state index in [0.29, 0.717) is 6.42 Å². The minimum absolute atomic E-state index is 0.0161. The average molecular weight is 324 g/mol. The minimum atomic E-state index is -3.51. The Bertz CT molecular complexity index is 653. The Balaban J connectivity index is 1.81.